The normalized spacial score (nSPS) is 18.5. The van der Waals surface area contributed by atoms with Gasteiger partial charge in [0.1, 0.15) is 17.3 Å². The molecule has 1 saturated carbocycles. The Hall–Kier alpha value is -1.97. The third-order valence-electron chi connectivity index (χ3n) is 5.47. The zero-order valence-corrected chi connectivity index (χ0v) is 14.6. The Labute approximate surface area is 144 Å². The van der Waals surface area contributed by atoms with Crippen molar-refractivity contribution in [3.63, 3.8) is 0 Å². The van der Waals surface area contributed by atoms with Crippen molar-refractivity contribution in [3.8, 4) is 11.4 Å². The second-order valence-corrected chi connectivity index (χ2v) is 7.01. The highest BCUT2D eigenvalue weighted by Crippen LogP contribution is 2.39. The van der Waals surface area contributed by atoms with Gasteiger partial charge in [-0.05, 0) is 44.2 Å². The molecule has 0 unspecified atom stereocenters. The molecule has 1 fully saturated rings. The number of anilines is 1. The SMILES string of the molecule is COc1ccccc1-n1nc(C2CCCCC2)c2c1NCCCC2. The number of hydrogen-bond donors (Lipinski definition) is 1. The fraction of sp³-hybridized carbons (Fsp3) is 0.550. The van der Waals surface area contributed by atoms with E-state index in [9.17, 15) is 0 Å². The Balaban J connectivity index is 1.83. The maximum Gasteiger partial charge on any atom is 0.144 e. The molecule has 0 saturated heterocycles. The van der Waals surface area contributed by atoms with Crippen LogP contribution in [0.1, 0.15) is 62.1 Å². The van der Waals surface area contributed by atoms with Crippen LogP contribution in [0.3, 0.4) is 0 Å². The molecule has 1 aromatic carbocycles. The summed E-state index contributed by atoms with van der Waals surface area (Å²) < 4.78 is 7.69. The number of nitrogens with zero attached hydrogens (tertiary/aromatic N) is 2. The molecule has 2 aliphatic rings. The molecule has 4 rings (SSSR count). The number of para-hydroxylation sites is 2. The lowest BCUT2D eigenvalue weighted by Crippen LogP contribution is -2.09. The molecular weight excluding hydrogens is 298 g/mol. The topological polar surface area (TPSA) is 39.1 Å². The molecule has 0 radical (unpaired) electrons. The molecule has 2 heterocycles. The zero-order chi connectivity index (χ0) is 16.4. The Morgan fingerprint density at radius 1 is 1.08 bits per heavy atom. The number of methoxy groups -OCH3 is 1. The highest BCUT2D eigenvalue weighted by molar-refractivity contribution is 5.58. The zero-order valence-electron chi connectivity index (χ0n) is 14.6. The van der Waals surface area contributed by atoms with Crippen LogP contribution >= 0.6 is 0 Å². The van der Waals surface area contributed by atoms with E-state index in [2.05, 4.69) is 22.1 Å². The van der Waals surface area contributed by atoms with Crippen LogP contribution in [0.4, 0.5) is 5.82 Å². The first kappa shape index (κ1) is 15.6. The van der Waals surface area contributed by atoms with E-state index in [0.717, 1.165) is 24.4 Å². The molecule has 0 atom stereocenters. The van der Waals surface area contributed by atoms with Gasteiger partial charge >= 0.3 is 0 Å². The summed E-state index contributed by atoms with van der Waals surface area (Å²) in [4.78, 5) is 0. The summed E-state index contributed by atoms with van der Waals surface area (Å²) >= 11 is 0. The Kier molecular flexibility index (Phi) is 4.46. The monoisotopic (exact) mass is 325 g/mol. The molecule has 4 nitrogen and oxygen atoms in total. The molecule has 1 aromatic heterocycles. The second-order valence-electron chi connectivity index (χ2n) is 7.01. The fourth-order valence-electron chi connectivity index (χ4n) is 4.21. The van der Waals surface area contributed by atoms with Crippen molar-refractivity contribution in [2.45, 2.75) is 57.3 Å². The van der Waals surface area contributed by atoms with E-state index in [0.29, 0.717) is 5.92 Å². The minimum atomic E-state index is 0.628. The number of aromatic nitrogens is 2. The molecule has 0 bridgehead atoms. The van der Waals surface area contributed by atoms with Crippen molar-refractivity contribution in [2.75, 3.05) is 19.0 Å². The summed E-state index contributed by atoms with van der Waals surface area (Å²) in [5.41, 5.74) is 3.82. The standard InChI is InChI=1S/C20H27N3O/c1-24-18-13-6-5-12-17(18)23-20-16(11-7-8-14-21-20)19(22-23)15-9-3-2-4-10-15/h5-6,12-13,15,21H,2-4,7-11,14H2,1H3. The lowest BCUT2D eigenvalue weighted by atomic mass is 9.85. The number of ether oxygens (including phenoxy) is 1. The van der Waals surface area contributed by atoms with Crippen LogP contribution in [0.5, 0.6) is 5.75 Å². The van der Waals surface area contributed by atoms with Crippen LogP contribution in [-0.4, -0.2) is 23.4 Å². The molecule has 1 aliphatic carbocycles. The van der Waals surface area contributed by atoms with E-state index in [1.54, 1.807) is 7.11 Å². The van der Waals surface area contributed by atoms with Crippen LogP contribution < -0.4 is 10.1 Å². The van der Waals surface area contributed by atoms with E-state index in [1.807, 2.05) is 12.1 Å². The first-order valence-corrected chi connectivity index (χ1v) is 9.37. The average Bonchev–Trinajstić information content (AvgIpc) is 2.83. The maximum absolute atomic E-state index is 5.59. The number of nitrogens with one attached hydrogen (secondary N) is 1. The minimum Gasteiger partial charge on any atom is -0.494 e. The van der Waals surface area contributed by atoms with Gasteiger partial charge in [-0.2, -0.15) is 5.10 Å². The highest BCUT2D eigenvalue weighted by atomic mass is 16.5. The van der Waals surface area contributed by atoms with E-state index < -0.39 is 0 Å². The second kappa shape index (κ2) is 6.88. The Bertz CT molecular complexity index is 701. The lowest BCUT2D eigenvalue weighted by Gasteiger charge is -2.20. The molecular formula is C20H27N3O. The molecule has 1 aliphatic heterocycles. The van der Waals surface area contributed by atoms with Gasteiger partial charge < -0.3 is 10.1 Å². The molecule has 0 spiro atoms. The summed E-state index contributed by atoms with van der Waals surface area (Å²) in [7, 11) is 1.73. The van der Waals surface area contributed by atoms with Crippen molar-refractivity contribution in [3.05, 3.63) is 35.5 Å². The number of benzene rings is 1. The van der Waals surface area contributed by atoms with Crippen LogP contribution in [0, 0.1) is 0 Å². The minimum absolute atomic E-state index is 0.628. The predicted octanol–water partition coefficient (Wildman–Crippen LogP) is 4.68. The van der Waals surface area contributed by atoms with Gasteiger partial charge in [-0.25, -0.2) is 4.68 Å². The first-order valence-electron chi connectivity index (χ1n) is 9.37. The van der Waals surface area contributed by atoms with Gasteiger partial charge in [0, 0.05) is 18.0 Å². The van der Waals surface area contributed by atoms with Gasteiger partial charge in [0.15, 0.2) is 0 Å². The molecule has 0 amide bonds. The van der Waals surface area contributed by atoms with Gasteiger partial charge in [0.25, 0.3) is 0 Å². The van der Waals surface area contributed by atoms with Gasteiger partial charge in [-0.3, -0.25) is 0 Å². The third-order valence-corrected chi connectivity index (χ3v) is 5.47. The highest BCUT2D eigenvalue weighted by Gasteiger charge is 2.27. The van der Waals surface area contributed by atoms with Crippen LogP contribution in [-0.2, 0) is 6.42 Å². The molecule has 128 valence electrons. The Morgan fingerprint density at radius 3 is 2.75 bits per heavy atom. The number of rotatable bonds is 3. The third kappa shape index (κ3) is 2.79. The van der Waals surface area contributed by atoms with E-state index in [1.165, 1.54) is 62.0 Å². The quantitative estimate of drug-likeness (QED) is 0.891. The Morgan fingerprint density at radius 2 is 1.92 bits per heavy atom. The van der Waals surface area contributed by atoms with Crippen LogP contribution in [0.2, 0.25) is 0 Å². The van der Waals surface area contributed by atoms with Crippen LogP contribution in [0.25, 0.3) is 5.69 Å². The van der Waals surface area contributed by atoms with Crippen molar-refractivity contribution in [1.82, 2.24) is 9.78 Å². The van der Waals surface area contributed by atoms with Crippen molar-refractivity contribution < 1.29 is 4.74 Å². The van der Waals surface area contributed by atoms with Crippen molar-refractivity contribution in [2.24, 2.45) is 0 Å². The molecule has 1 N–H and O–H groups in total. The number of fused-ring (bicyclic) bond motifs is 1. The summed E-state index contributed by atoms with van der Waals surface area (Å²) in [6.07, 6.45) is 10.3. The predicted molar refractivity (Wildman–Crippen MR) is 97.4 cm³/mol. The summed E-state index contributed by atoms with van der Waals surface area (Å²) in [5, 5.41) is 8.76. The smallest absolute Gasteiger partial charge is 0.144 e. The fourth-order valence-corrected chi connectivity index (χ4v) is 4.21. The van der Waals surface area contributed by atoms with Crippen LogP contribution in [0.15, 0.2) is 24.3 Å². The van der Waals surface area contributed by atoms with Gasteiger partial charge in [0.05, 0.1) is 12.8 Å². The van der Waals surface area contributed by atoms with Crippen molar-refractivity contribution in [1.29, 1.82) is 0 Å². The molecule has 2 aromatic rings. The van der Waals surface area contributed by atoms with Gasteiger partial charge in [0.2, 0.25) is 0 Å². The largest absolute Gasteiger partial charge is 0.494 e. The molecule has 24 heavy (non-hydrogen) atoms. The average molecular weight is 325 g/mol. The van der Waals surface area contributed by atoms with Gasteiger partial charge in [-0.1, -0.05) is 31.4 Å². The number of hydrogen-bond acceptors (Lipinski definition) is 3. The summed E-state index contributed by atoms with van der Waals surface area (Å²) in [6, 6.07) is 8.19. The van der Waals surface area contributed by atoms with Crippen molar-refractivity contribution >= 4 is 5.82 Å². The van der Waals surface area contributed by atoms with E-state index in [4.69, 9.17) is 9.84 Å². The molecule has 4 heteroatoms. The van der Waals surface area contributed by atoms with E-state index >= 15 is 0 Å². The summed E-state index contributed by atoms with van der Waals surface area (Å²) in [6.45, 7) is 1.03. The summed E-state index contributed by atoms with van der Waals surface area (Å²) in [5.74, 6) is 2.70. The van der Waals surface area contributed by atoms with E-state index in [-0.39, 0.29) is 0 Å². The maximum atomic E-state index is 5.59. The first-order chi connectivity index (χ1) is 11.9. The lowest BCUT2D eigenvalue weighted by molar-refractivity contribution is 0.410. The van der Waals surface area contributed by atoms with Gasteiger partial charge in [-0.15, -0.1) is 0 Å².